The van der Waals surface area contributed by atoms with E-state index in [9.17, 15) is 19.5 Å². The third-order valence-corrected chi connectivity index (χ3v) is 9.53. The summed E-state index contributed by atoms with van der Waals surface area (Å²) in [4.78, 5) is 45.1. The number of rotatable bonds is 21. The third-order valence-electron chi connectivity index (χ3n) is 8.89. The summed E-state index contributed by atoms with van der Waals surface area (Å²) in [5.74, 6) is -0.734. The molecule has 0 aliphatic carbocycles. The van der Waals surface area contributed by atoms with E-state index in [4.69, 9.17) is 0 Å². The van der Waals surface area contributed by atoms with Crippen molar-refractivity contribution in [2.45, 2.75) is 91.9 Å². The van der Waals surface area contributed by atoms with Crippen molar-refractivity contribution in [3.63, 3.8) is 0 Å². The minimum absolute atomic E-state index is 0.00114. The predicted molar refractivity (Wildman–Crippen MR) is 202 cm³/mol. The van der Waals surface area contributed by atoms with Gasteiger partial charge >= 0.3 is 5.97 Å². The topological polar surface area (TPSA) is 117 Å². The largest absolute Gasteiger partial charge is 0.480 e. The van der Waals surface area contributed by atoms with E-state index < -0.39 is 12.0 Å². The number of benzene rings is 2. The number of carboxylic acid groups (broad SMARTS) is 1. The molecule has 3 N–H and O–H groups in total. The number of nitrogens with one attached hydrogen (secondary N) is 2. The first-order valence-corrected chi connectivity index (χ1v) is 18.7. The summed E-state index contributed by atoms with van der Waals surface area (Å²) in [5.41, 5.74) is 4.52. The lowest BCUT2D eigenvalue weighted by molar-refractivity contribution is -0.142. The Balaban J connectivity index is 1.78. The van der Waals surface area contributed by atoms with Crippen molar-refractivity contribution in [3.05, 3.63) is 89.5 Å². The lowest BCUT2D eigenvalue weighted by Crippen LogP contribution is -2.51. The number of aliphatic carboxylic acids is 1. The van der Waals surface area contributed by atoms with Gasteiger partial charge in [0.05, 0.1) is 19.3 Å². The van der Waals surface area contributed by atoms with Gasteiger partial charge in [-0.25, -0.2) is 9.78 Å². The van der Waals surface area contributed by atoms with Crippen molar-refractivity contribution in [3.8, 4) is 0 Å². The maximum Gasteiger partial charge on any atom is 0.326 e. The molecule has 0 saturated heterocycles. The number of amides is 2. The Morgan fingerprint density at radius 1 is 1.04 bits per heavy atom. The van der Waals surface area contributed by atoms with Crippen LogP contribution in [0.15, 0.2) is 78.3 Å². The van der Waals surface area contributed by atoms with Gasteiger partial charge in [0, 0.05) is 37.6 Å². The van der Waals surface area contributed by atoms with Crippen LogP contribution in [0.1, 0.15) is 71.6 Å². The molecule has 0 unspecified atom stereocenters. The minimum Gasteiger partial charge on any atom is -0.480 e. The quantitative estimate of drug-likeness (QED) is 0.108. The van der Waals surface area contributed by atoms with E-state index in [0.29, 0.717) is 31.8 Å². The number of imidazole rings is 1. The summed E-state index contributed by atoms with van der Waals surface area (Å²) in [6.07, 6.45) is 13.2. The van der Waals surface area contributed by atoms with E-state index in [1.54, 1.807) is 24.3 Å². The van der Waals surface area contributed by atoms with Crippen LogP contribution in [0.3, 0.4) is 0 Å². The molecule has 3 aromatic rings. The van der Waals surface area contributed by atoms with Gasteiger partial charge in [0.2, 0.25) is 11.8 Å². The lowest BCUT2D eigenvalue weighted by atomic mass is 9.97. The molecule has 2 amide bonds. The van der Waals surface area contributed by atoms with Crippen molar-refractivity contribution >= 4 is 40.3 Å². The maximum absolute atomic E-state index is 13.6. The molecule has 9 nitrogen and oxygen atoms in total. The van der Waals surface area contributed by atoms with Gasteiger partial charge in [-0.15, -0.1) is 0 Å². The van der Waals surface area contributed by atoms with Gasteiger partial charge in [-0.3, -0.25) is 14.5 Å². The second-order valence-electron chi connectivity index (χ2n) is 13.2. The third kappa shape index (κ3) is 13.5. The predicted octanol–water partition coefficient (Wildman–Crippen LogP) is 6.63. The Bertz CT molecular complexity index is 1570. The molecule has 3 atom stereocenters. The molecule has 0 saturated carbocycles. The number of carbonyl (C=O) groups is 3. The highest BCUT2D eigenvalue weighted by Crippen LogP contribution is 2.21. The van der Waals surface area contributed by atoms with Crippen molar-refractivity contribution in [2.24, 2.45) is 5.92 Å². The molecule has 0 spiro atoms. The first-order chi connectivity index (χ1) is 23.5. The van der Waals surface area contributed by atoms with Crippen LogP contribution in [-0.4, -0.2) is 74.5 Å². The molecular formula is C39H55N5O4S. The normalized spacial score (nSPS) is 13.6. The van der Waals surface area contributed by atoms with Gasteiger partial charge in [0.1, 0.15) is 6.04 Å². The zero-order chi connectivity index (χ0) is 35.8. The minimum atomic E-state index is -1.04. The lowest BCUT2D eigenvalue weighted by Gasteiger charge is -2.31. The van der Waals surface area contributed by atoms with Crippen LogP contribution < -0.4 is 10.6 Å². The molecule has 1 aromatic heterocycles. The van der Waals surface area contributed by atoms with Gasteiger partial charge in [0.15, 0.2) is 0 Å². The molecule has 3 rings (SSSR count). The molecule has 10 heteroatoms. The Labute approximate surface area is 296 Å². The molecule has 49 heavy (non-hydrogen) atoms. The average molecular weight is 690 g/mol. The average Bonchev–Trinajstić information content (AvgIpc) is 3.51. The number of thioether (sulfide) groups is 1. The monoisotopic (exact) mass is 689 g/mol. The number of hydrogen-bond donors (Lipinski definition) is 3. The number of allylic oxidation sites excluding steroid dienone is 4. The molecule has 0 bridgehead atoms. The van der Waals surface area contributed by atoms with Gasteiger partial charge in [-0.1, -0.05) is 86.0 Å². The van der Waals surface area contributed by atoms with Gasteiger partial charge in [-0.05, 0) is 74.3 Å². The fourth-order valence-electron chi connectivity index (χ4n) is 5.75. The van der Waals surface area contributed by atoms with E-state index in [1.807, 2.05) is 33.9 Å². The zero-order valence-corrected chi connectivity index (χ0v) is 30.9. The van der Waals surface area contributed by atoms with E-state index in [2.05, 4.69) is 86.7 Å². The smallest absolute Gasteiger partial charge is 0.326 e. The number of fused-ring (bicyclic) bond motifs is 1. The van der Waals surface area contributed by atoms with Crippen LogP contribution in [0.25, 0.3) is 10.8 Å². The van der Waals surface area contributed by atoms with Crippen molar-refractivity contribution in [1.82, 2.24) is 25.1 Å². The molecule has 0 fully saturated rings. The molecule has 266 valence electrons. The molecule has 1 heterocycles. The van der Waals surface area contributed by atoms with Crippen LogP contribution in [0, 0.1) is 5.92 Å². The van der Waals surface area contributed by atoms with Crippen LogP contribution >= 0.6 is 11.8 Å². The summed E-state index contributed by atoms with van der Waals surface area (Å²) in [7, 11) is 0. The van der Waals surface area contributed by atoms with E-state index in [0.717, 1.165) is 41.3 Å². The standard InChI is InChI=1S/C39H55N5O4S/c1-7-30(5)36(42-37(45)22-33-23-40-27-44(33)20-18-29(4)13-10-12-28(2)3)25-43(26-38(46)41-35(39(47)48)19-21-49-6)24-32-16-11-15-31-14-8-9-17-34(31)32/h8-9,11-12,14-18,23,27,30,35-36H,7,10,13,19-22,24-26H2,1-6H3,(H,41,46)(H,42,45)(H,47,48)/b29-18+/t30-,35-,36+/m0/s1. The van der Waals surface area contributed by atoms with Gasteiger partial charge in [0.25, 0.3) is 0 Å². The SMILES string of the molecule is CC[C@H](C)[C@@H](CN(CC(=O)N[C@@H](CCSC)C(=O)O)Cc1cccc2ccccc12)NC(=O)Cc1cncn1C/C=C(\C)CCC=C(C)C. The van der Waals surface area contributed by atoms with Crippen LogP contribution in [0.4, 0.5) is 0 Å². The first-order valence-electron chi connectivity index (χ1n) is 17.3. The molecule has 0 aliphatic heterocycles. The van der Waals surface area contributed by atoms with Gasteiger partial charge < -0.3 is 20.3 Å². The van der Waals surface area contributed by atoms with Crippen LogP contribution in [0.5, 0.6) is 0 Å². The van der Waals surface area contributed by atoms with Crippen LogP contribution in [-0.2, 0) is 33.9 Å². The Kier molecular flexibility index (Phi) is 16.6. The van der Waals surface area contributed by atoms with Crippen molar-refractivity contribution in [1.29, 1.82) is 0 Å². The van der Waals surface area contributed by atoms with Crippen molar-refractivity contribution in [2.75, 3.05) is 25.1 Å². The fraction of sp³-hybridized carbons (Fsp3) is 0.487. The summed E-state index contributed by atoms with van der Waals surface area (Å²) < 4.78 is 2.01. The number of aromatic nitrogens is 2. The van der Waals surface area contributed by atoms with Gasteiger partial charge in [-0.2, -0.15) is 11.8 Å². The summed E-state index contributed by atoms with van der Waals surface area (Å²) in [5, 5.41) is 17.9. The fourth-order valence-corrected chi connectivity index (χ4v) is 6.22. The Hall–Kier alpha value is -3.89. The molecule has 0 radical (unpaired) electrons. The summed E-state index contributed by atoms with van der Waals surface area (Å²) in [6, 6.07) is 13.1. The maximum atomic E-state index is 13.6. The highest BCUT2D eigenvalue weighted by molar-refractivity contribution is 7.98. The summed E-state index contributed by atoms with van der Waals surface area (Å²) in [6.45, 7) is 12.1. The zero-order valence-electron chi connectivity index (χ0n) is 30.1. The molecular weight excluding hydrogens is 635 g/mol. The van der Waals surface area contributed by atoms with Crippen LogP contribution in [0.2, 0.25) is 0 Å². The number of hydrogen-bond acceptors (Lipinski definition) is 6. The second kappa shape index (κ2) is 20.6. The Morgan fingerprint density at radius 2 is 1.80 bits per heavy atom. The Morgan fingerprint density at radius 3 is 2.51 bits per heavy atom. The number of carbonyl (C=O) groups excluding carboxylic acids is 2. The second-order valence-corrected chi connectivity index (χ2v) is 14.2. The number of nitrogens with zero attached hydrogens (tertiary/aromatic N) is 3. The highest BCUT2D eigenvalue weighted by atomic mass is 32.2. The molecule has 2 aromatic carbocycles. The highest BCUT2D eigenvalue weighted by Gasteiger charge is 2.26. The first kappa shape index (κ1) is 39.5. The molecule has 0 aliphatic rings. The van der Waals surface area contributed by atoms with E-state index in [1.165, 1.54) is 11.1 Å². The van der Waals surface area contributed by atoms with Crippen molar-refractivity contribution < 1.29 is 19.5 Å². The number of carboxylic acids is 1. The van der Waals surface area contributed by atoms with E-state index >= 15 is 0 Å². The van der Waals surface area contributed by atoms with E-state index in [-0.39, 0.29) is 36.7 Å². The summed E-state index contributed by atoms with van der Waals surface area (Å²) >= 11 is 1.54.